The number of nitrogens with zero attached hydrogens (tertiary/aromatic N) is 1. The maximum atomic E-state index is 6.69. The van der Waals surface area contributed by atoms with Crippen LogP contribution >= 0.6 is 0 Å². The SMILES string of the molecule is Cc1cc(C)c(B(Oc2ccc3ccccc3n2)c2c(C)cc(C)cc2C)c(C)c1. The molecule has 0 aliphatic heterocycles. The second-order valence-corrected chi connectivity index (χ2v) is 8.46. The third-order valence-electron chi connectivity index (χ3n) is 5.81. The van der Waals surface area contributed by atoms with Crippen molar-refractivity contribution >= 4 is 28.7 Å². The lowest BCUT2D eigenvalue weighted by Crippen LogP contribution is -2.52. The Morgan fingerprint density at radius 1 is 0.633 bits per heavy atom. The van der Waals surface area contributed by atoms with Gasteiger partial charge in [0.05, 0.1) is 5.52 Å². The van der Waals surface area contributed by atoms with E-state index in [1.165, 1.54) is 44.3 Å². The molecule has 1 aromatic heterocycles. The van der Waals surface area contributed by atoms with Gasteiger partial charge < -0.3 is 4.65 Å². The van der Waals surface area contributed by atoms with E-state index in [1.54, 1.807) is 0 Å². The summed E-state index contributed by atoms with van der Waals surface area (Å²) in [5.41, 5.74) is 10.9. The van der Waals surface area contributed by atoms with Crippen LogP contribution in [-0.4, -0.2) is 11.9 Å². The summed E-state index contributed by atoms with van der Waals surface area (Å²) in [6.07, 6.45) is 0. The summed E-state index contributed by atoms with van der Waals surface area (Å²) in [6.45, 7) is 12.8. The van der Waals surface area contributed by atoms with Gasteiger partial charge in [-0.2, -0.15) is 0 Å². The summed E-state index contributed by atoms with van der Waals surface area (Å²) in [6, 6.07) is 21.2. The molecule has 0 atom stereocenters. The minimum absolute atomic E-state index is 0.208. The van der Waals surface area contributed by atoms with Gasteiger partial charge in [-0.25, -0.2) is 4.98 Å². The fraction of sp³-hybridized carbons (Fsp3) is 0.222. The van der Waals surface area contributed by atoms with Gasteiger partial charge in [0.1, 0.15) is 0 Å². The molecule has 0 aliphatic rings. The highest BCUT2D eigenvalue weighted by atomic mass is 16.4. The number of hydrogen-bond acceptors (Lipinski definition) is 2. The molecule has 0 N–H and O–H groups in total. The second-order valence-electron chi connectivity index (χ2n) is 8.46. The highest BCUT2D eigenvalue weighted by molar-refractivity contribution is 6.82. The van der Waals surface area contributed by atoms with Crippen LogP contribution in [0.25, 0.3) is 10.9 Å². The van der Waals surface area contributed by atoms with E-state index in [2.05, 4.69) is 77.9 Å². The number of aromatic nitrogens is 1. The Morgan fingerprint density at radius 3 is 1.67 bits per heavy atom. The summed E-state index contributed by atoms with van der Waals surface area (Å²) in [5.74, 6) is 0.650. The zero-order valence-corrected chi connectivity index (χ0v) is 18.7. The van der Waals surface area contributed by atoms with E-state index < -0.39 is 0 Å². The number of hydrogen-bond donors (Lipinski definition) is 0. The molecular weight excluding hydrogens is 365 g/mol. The van der Waals surface area contributed by atoms with Crippen molar-refractivity contribution in [2.24, 2.45) is 0 Å². The lowest BCUT2D eigenvalue weighted by molar-refractivity contribution is 0.568. The molecule has 30 heavy (non-hydrogen) atoms. The molecule has 3 aromatic carbocycles. The summed E-state index contributed by atoms with van der Waals surface area (Å²) < 4.78 is 6.69. The number of benzene rings is 3. The van der Waals surface area contributed by atoms with E-state index in [4.69, 9.17) is 9.64 Å². The summed E-state index contributed by atoms with van der Waals surface area (Å²) >= 11 is 0. The first-order valence-electron chi connectivity index (χ1n) is 10.5. The van der Waals surface area contributed by atoms with Crippen LogP contribution in [0.15, 0.2) is 60.7 Å². The van der Waals surface area contributed by atoms with Gasteiger partial charge in [-0.3, -0.25) is 0 Å². The quantitative estimate of drug-likeness (QED) is 0.441. The molecule has 4 rings (SSSR count). The van der Waals surface area contributed by atoms with Crippen LogP contribution < -0.4 is 15.6 Å². The van der Waals surface area contributed by atoms with Crippen molar-refractivity contribution in [2.45, 2.75) is 41.5 Å². The fourth-order valence-electron chi connectivity index (χ4n) is 4.71. The number of aryl methyl sites for hydroxylation is 6. The number of fused-ring (bicyclic) bond motifs is 1. The normalized spacial score (nSPS) is 11.0. The first-order chi connectivity index (χ1) is 14.3. The highest BCUT2D eigenvalue weighted by Crippen LogP contribution is 2.19. The lowest BCUT2D eigenvalue weighted by atomic mass is 9.50. The van der Waals surface area contributed by atoms with Crippen LogP contribution in [-0.2, 0) is 0 Å². The van der Waals surface area contributed by atoms with Crippen LogP contribution in [0.5, 0.6) is 5.88 Å². The van der Waals surface area contributed by atoms with Crippen molar-refractivity contribution in [3.05, 3.63) is 94.0 Å². The molecule has 1 heterocycles. The van der Waals surface area contributed by atoms with E-state index in [-0.39, 0.29) is 6.92 Å². The third-order valence-corrected chi connectivity index (χ3v) is 5.81. The van der Waals surface area contributed by atoms with Gasteiger partial charge in [0.2, 0.25) is 0 Å². The molecule has 0 saturated carbocycles. The Morgan fingerprint density at radius 2 is 1.13 bits per heavy atom. The minimum atomic E-state index is -0.208. The number of para-hydroxylation sites is 1. The van der Waals surface area contributed by atoms with E-state index in [9.17, 15) is 0 Å². The van der Waals surface area contributed by atoms with Gasteiger partial charge in [0.15, 0.2) is 5.88 Å². The largest absolute Gasteiger partial charge is 0.538 e. The molecule has 3 heteroatoms. The Balaban J connectivity index is 1.90. The summed E-state index contributed by atoms with van der Waals surface area (Å²) in [4.78, 5) is 4.80. The molecule has 0 saturated heterocycles. The van der Waals surface area contributed by atoms with Crippen LogP contribution in [0.4, 0.5) is 0 Å². The van der Waals surface area contributed by atoms with Crippen molar-refractivity contribution in [3.8, 4) is 5.88 Å². The van der Waals surface area contributed by atoms with Gasteiger partial charge >= 0.3 is 6.92 Å². The van der Waals surface area contributed by atoms with Gasteiger partial charge in [-0.05, 0) is 70.7 Å². The summed E-state index contributed by atoms with van der Waals surface area (Å²) in [7, 11) is 0. The monoisotopic (exact) mass is 393 g/mol. The molecule has 0 radical (unpaired) electrons. The zero-order chi connectivity index (χ0) is 21.4. The second kappa shape index (κ2) is 7.99. The van der Waals surface area contributed by atoms with Crippen molar-refractivity contribution < 1.29 is 4.65 Å². The molecule has 2 nitrogen and oxygen atoms in total. The van der Waals surface area contributed by atoms with Crippen LogP contribution in [0.2, 0.25) is 0 Å². The standard InChI is InChI=1S/C27H28BNO/c1-17-13-19(3)26(20(4)14-17)28(27-21(5)15-18(2)16-22(27)6)30-25-12-11-23-9-7-8-10-24(23)29-25/h7-16H,1-6H3. The zero-order valence-electron chi connectivity index (χ0n) is 18.7. The molecule has 4 aromatic rings. The average Bonchev–Trinajstić information content (AvgIpc) is 2.66. The average molecular weight is 393 g/mol. The Kier molecular flexibility index (Phi) is 5.38. The maximum absolute atomic E-state index is 6.69. The van der Waals surface area contributed by atoms with Crippen molar-refractivity contribution in [2.75, 3.05) is 0 Å². The Labute approximate surface area is 180 Å². The van der Waals surface area contributed by atoms with Crippen molar-refractivity contribution in [1.82, 2.24) is 4.98 Å². The van der Waals surface area contributed by atoms with Gasteiger partial charge in [0, 0.05) is 5.39 Å². The lowest BCUT2D eigenvalue weighted by Gasteiger charge is -2.24. The Hall–Kier alpha value is -3.07. The molecule has 150 valence electrons. The van der Waals surface area contributed by atoms with Gasteiger partial charge in [-0.15, -0.1) is 0 Å². The Bertz CT molecular complexity index is 1140. The first-order valence-corrected chi connectivity index (χ1v) is 10.5. The van der Waals surface area contributed by atoms with E-state index in [0.29, 0.717) is 5.88 Å². The smallest absolute Gasteiger partial charge is 0.429 e. The molecular formula is C27H28BNO. The van der Waals surface area contributed by atoms with Crippen molar-refractivity contribution in [3.63, 3.8) is 0 Å². The number of pyridine rings is 1. The predicted octanol–water partition coefficient (Wildman–Crippen LogP) is 5.27. The van der Waals surface area contributed by atoms with Crippen LogP contribution in [0.3, 0.4) is 0 Å². The fourth-order valence-corrected chi connectivity index (χ4v) is 4.71. The van der Waals surface area contributed by atoms with Gasteiger partial charge in [-0.1, -0.05) is 75.8 Å². The van der Waals surface area contributed by atoms with E-state index in [1.807, 2.05) is 24.3 Å². The topological polar surface area (TPSA) is 22.1 Å². The molecule has 0 aliphatic carbocycles. The van der Waals surface area contributed by atoms with Crippen molar-refractivity contribution in [1.29, 1.82) is 0 Å². The first kappa shape index (κ1) is 20.2. The minimum Gasteiger partial charge on any atom is -0.538 e. The molecule has 0 amide bonds. The van der Waals surface area contributed by atoms with E-state index in [0.717, 1.165) is 10.9 Å². The van der Waals surface area contributed by atoms with Crippen LogP contribution in [0.1, 0.15) is 33.4 Å². The molecule has 0 fully saturated rings. The number of rotatable bonds is 4. The molecule has 0 unspecified atom stereocenters. The highest BCUT2D eigenvalue weighted by Gasteiger charge is 2.31. The predicted molar refractivity (Wildman–Crippen MR) is 129 cm³/mol. The van der Waals surface area contributed by atoms with E-state index >= 15 is 0 Å². The maximum Gasteiger partial charge on any atom is 0.429 e. The van der Waals surface area contributed by atoms with Gasteiger partial charge in [0.25, 0.3) is 0 Å². The molecule has 0 bridgehead atoms. The summed E-state index contributed by atoms with van der Waals surface area (Å²) in [5, 5.41) is 1.12. The third kappa shape index (κ3) is 3.85. The molecule has 0 spiro atoms. The van der Waals surface area contributed by atoms with Crippen LogP contribution in [0, 0.1) is 41.5 Å².